The predicted molar refractivity (Wildman–Crippen MR) is 186 cm³/mol. The van der Waals surface area contributed by atoms with E-state index in [4.69, 9.17) is 19.5 Å². The van der Waals surface area contributed by atoms with Crippen LogP contribution in [0.15, 0.2) is 0 Å². The van der Waals surface area contributed by atoms with E-state index in [1.54, 1.807) is 0 Å². The van der Waals surface area contributed by atoms with Crippen molar-refractivity contribution in [3.8, 4) is 0 Å². The van der Waals surface area contributed by atoms with Gasteiger partial charge in [0.2, 0.25) is 0 Å². The lowest BCUT2D eigenvalue weighted by Gasteiger charge is -2.58. The molecule has 0 bridgehead atoms. The molecule has 0 aromatic carbocycles. The molecule has 0 aliphatic carbocycles. The van der Waals surface area contributed by atoms with Gasteiger partial charge in [0.15, 0.2) is 0 Å². The Morgan fingerprint density at radius 2 is 1.20 bits per heavy atom. The number of esters is 1. The number of hydrogen-bond donors (Lipinski definition) is 1. The van der Waals surface area contributed by atoms with Crippen LogP contribution in [0.4, 0.5) is 0 Å². The third kappa shape index (κ3) is 10.4. The molecule has 2 heterocycles. The Hall–Kier alpha value is -1.22. The molecule has 0 aromatic rings. The highest BCUT2D eigenvalue weighted by Crippen LogP contribution is 2.52. The van der Waals surface area contributed by atoms with Gasteiger partial charge in [-0.1, -0.05) is 92.9 Å². The van der Waals surface area contributed by atoms with Crippen LogP contribution in [0.3, 0.4) is 0 Å². The number of hydrogen-bond acceptors (Lipinski definition) is 7. The quantitative estimate of drug-likeness (QED) is 0.0970. The summed E-state index contributed by atoms with van der Waals surface area (Å²) >= 11 is 0. The van der Waals surface area contributed by atoms with Crippen LogP contribution in [0.2, 0.25) is 0 Å². The summed E-state index contributed by atoms with van der Waals surface area (Å²) in [5.41, 5.74) is -1.04. The summed E-state index contributed by atoms with van der Waals surface area (Å²) in [5, 5.41) is 13.3. The smallest absolute Gasteiger partial charge is 0.309 e. The highest BCUT2D eigenvalue weighted by Gasteiger charge is 2.56. The van der Waals surface area contributed by atoms with Gasteiger partial charge in [0, 0.05) is 42.4 Å². The lowest BCUT2D eigenvalue weighted by atomic mass is 9.58. The average molecular weight is 653 g/mol. The minimum atomic E-state index is -0.728. The molecule has 46 heavy (non-hydrogen) atoms. The molecule has 2 rings (SSSR count). The molecule has 8 nitrogen and oxygen atoms in total. The molecule has 0 spiro atoms. The molecule has 1 N–H and O–H groups in total. The normalized spacial score (nSPS) is 24.8. The second-order valence-electron chi connectivity index (χ2n) is 16.3. The first-order chi connectivity index (χ1) is 21.6. The minimum absolute atomic E-state index is 0.0525. The van der Waals surface area contributed by atoms with Crippen LogP contribution in [0, 0.1) is 22.7 Å². The van der Waals surface area contributed by atoms with Crippen LogP contribution < -0.4 is 0 Å². The maximum atomic E-state index is 14.4. The van der Waals surface area contributed by atoms with Crippen molar-refractivity contribution in [2.75, 3.05) is 26.3 Å². The summed E-state index contributed by atoms with van der Waals surface area (Å²) in [4.78, 5) is 38.0. The molecule has 0 radical (unpaired) electrons. The summed E-state index contributed by atoms with van der Waals surface area (Å²) in [7, 11) is 0. The van der Waals surface area contributed by atoms with Gasteiger partial charge in [-0.2, -0.15) is 10.1 Å². The average Bonchev–Trinajstić information content (AvgIpc) is 2.97. The molecule has 2 aliphatic heterocycles. The van der Waals surface area contributed by atoms with E-state index in [1.807, 2.05) is 0 Å². The van der Waals surface area contributed by atoms with Gasteiger partial charge in [0.25, 0.3) is 0 Å². The fraction of sp³-hybridized carbons (Fsp3) is 0.947. The van der Waals surface area contributed by atoms with Gasteiger partial charge in [-0.25, -0.2) is 0 Å². The number of carbonyl (C=O) groups is 2. The lowest BCUT2D eigenvalue weighted by Crippen LogP contribution is -2.64. The van der Waals surface area contributed by atoms with Crippen molar-refractivity contribution in [3.05, 3.63) is 0 Å². The van der Waals surface area contributed by atoms with E-state index in [0.717, 1.165) is 84.1 Å². The third-order valence-corrected chi connectivity index (χ3v) is 12.3. The fourth-order valence-corrected chi connectivity index (χ4v) is 7.56. The van der Waals surface area contributed by atoms with E-state index in [-0.39, 0.29) is 52.2 Å². The Morgan fingerprint density at radius 1 is 0.696 bits per heavy atom. The standard InChI is InChI=1S/C38H72N2O6/c1-11-13-20-28-44-39-26-24-31(35(3,4)37(39,7)8)30(22-18-16-15-17-19-23-33(41)42)34(43)46-32-25-27-40(45-29-21-14-12-2)38(9,10)36(32,5)6/h30-32H,11-29H2,1-10H3,(H,41,42). The van der Waals surface area contributed by atoms with Crippen molar-refractivity contribution in [1.82, 2.24) is 10.1 Å². The van der Waals surface area contributed by atoms with Crippen LogP contribution in [-0.4, -0.2) is 70.7 Å². The maximum absolute atomic E-state index is 14.4. The monoisotopic (exact) mass is 653 g/mol. The summed E-state index contributed by atoms with van der Waals surface area (Å²) in [6.45, 7) is 25.5. The first-order valence-corrected chi connectivity index (χ1v) is 18.8. The number of carboxylic acids is 1. The summed E-state index contributed by atoms with van der Waals surface area (Å²) in [5.74, 6) is -0.815. The highest BCUT2D eigenvalue weighted by molar-refractivity contribution is 5.73. The molecule has 270 valence electrons. The Bertz CT molecular complexity index is 917. The Morgan fingerprint density at radius 3 is 1.74 bits per heavy atom. The second-order valence-corrected chi connectivity index (χ2v) is 16.3. The van der Waals surface area contributed by atoms with Crippen molar-refractivity contribution in [3.63, 3.8) is 0 Å². The first-order valence-electron chi connectivity index (χ1n) is 18.8. The molecule has 0 aromatic heterocycles. The van der Waals surface area contributed by atoms with Gasteiger partial charge in [-0.05, 0) is 71.1 Å². The van der Waals surface area contributed by atoms with Gasteiger partial charge in [-0.15, -0.1) is 0 Å². The molecule has 3 atom stereocenters. The van der Waals surface area contributed by atoms with Crippen LogP contribution in [0.25, 0.3) is 0 Å². The van der Waals surface area contributed by atoms with Crippen molar-refractivity contribution >= 4 is 11.9 Å². The zero-order chi connectivity index (χ0) is 34.6. The van der Waals surface area contributed by atoms with E-state index in [9.17, 15) is 9.59 Å². The molecular weight excluding hydrogens is 580 g/mol. The van der Waals surface area contributed by atoms with Gasteiger partial charge < -0.3 is 9.84 Å². The highest BCUT2D eigenvalue weighted by atomic mass is 16.7. The number of aliphatic carboxylic acids is 1. The van der Waals surface area contributed by atoms with Gasteiger partial charge in [-0.3, -0.25) is 19.3 Å². The Kier molecular flexibility index (Phi) is 16.5. The number of unbranched alkanes of at least 4 members (excludes halogenated alkanes) is 8. The molecule has 2 aliphatic rings. The van der Waals surface area contributed by atoms with Crippen LogP contribution in [-0.2, 0) is 24.0 Å². The van der Waals surface area contributed by atoms with Crippen molar-refractivity contribution < 1.29 is 29.1 Å². The zero-order valence-corrected chi connectivity index (χ0v) is 31.5. The maximum Gasteiger partial charge on any atom is 0.309 e. The molecule has 0 amide bonds. The summed E-state index contributed by atoms with van der Waals surface area (Å²) in [6, 6.07) is 0. The number of ether oxygens (including phenoxy) is 1. The number of carboxylic acid groups (broad SMARTS) is 1. The van der Waals surface area contributed by atoms with E-state index >= 15 is 0 Å². The predicted octanol–water partition coefficient (Wildman–Crippen LogP) is 9.21. The van der Waals surface area contributed by atoms with E-state index in [0.29, 0.717) is 6.42 Å². The molecular formula is C38H72N2O6. The van der Waals surface area contributed by atoms with Gasteiger partial charge >= 0.3 is 11.9 Å². The van der Waals surface area contributed by atoms with Gasteiger partial charge in [0.05, 0.1) is 19.1 Å². The number of piperidine rings is 2. The second kappa shape index (κ2) is 18.5. The fourth-order valence-electron chi connectivity index (χ4n) is 7.56. The minimum Gasteiger partial charge on any atom is -0.481 e. The van der Waals surface area contributed by atoms with Crippen LogP contribution >= 0.6 is 0 Å². The molecule has 2 fully saturated rings. The largest absolute Gasteiger partial charge is 0.481 e. The Labute approximate surface area is 282 Å². The summed E-state index contributed by atoms with van der Waals surface area (Å²) < 4.78 is 6.62. The van der Waals surface area contributed by atoms with Crippen molar-refractivity contribution in [1.29, 1.82) is 0 Å². The third-order valence-electron chi connectivity index (χ3n) is 12.3. The van der Waals surface area contributed by atoms with Crippen LogP contribution in [0.1, 0.15) is 166 Å². The summed E-state index contributed by atoms with van der Waals surface area (Å²) in [6.07, 6.45) is 13.8. The first kappa shape index (κ1) is 41.0. The van der Waals surface area contributed by atoms with Crippen molar-refractivity contribution in [2.24, 2.45) is 22.7 Å². The van der Waals surface area contributed by atoms with Crippen LogP contribution in [0.5, 0.6) is 0 Å². The molecule has 8 heteroatoms. The topological polar surface area (TPSA) is 88.5 Å². The van der Waals surface area contributed by atoms with Gasteiger partial charge in [0.1, 0.15) is 6.10 Å². The number of rotatable bonds is 21. The molecule has 0 saturated carbocycles. The Balaban J connectivity index is 2.20. The number of hydroxylamine groups is 4. The van der Waals surface area contributed by atoms with E-state index in [1.165, 1.54) is 25.7 Å². The molecule has 2 saturated heterocycles. The van der Waals surface area contributed by atoms with E-state index < -0.39 is 5.97 Å². The lowest BCUT2D eigenvalue weighted by molar-refractivity contribution is -0.284. The molecule has 3 unspecified atom stereocenters. The van der Waals surface area contributed by atoms with E-state index in [2.05, 4.69) is 79.4 Å². The zero-order valence-electron chi connectivity index (χ0n) is 31.5. The SMILES string of the molecule is CCCCCON1CCC(OC(=O)C(CCCCCCCC(=O)O)C2CCN(OCCCCC)C(C)(C)C2(C)C)C(C)(C)C1(C)C. The number of carbonyl (C=O) groups excluding carboxylic acids is 1. The number of nitrogens with zero attached hydrogens (tertiary/aromatic N) is 2. The van der Waals surface area contributed by atoms with Crippen molar-refractivity contribution in [2.45, 2.75) is 183 Å².